The van der Waals surface area contributed by atoms with Crippen molar-refractivity contribution in [2.24, 2.45) is 0 Å². The van der Waals surface area contributed by atoms with Crippen LogP contribution in [0.4, 0.5) is 13.2 Å². The summed E-state index contributed by atoms with van der Waals surface area (Å²) in [6.07, 6.45) is -1.27. The molecule has 0 saturated carbocycles. The van der Waals surface area contributed by atoms with Crippen LogP contribution < -0.4 is 0 Å². The van der Waals surface area contributed by atoms with Crippen molar-refractivity contribution < 1.29 is 23.0 Å². The molecule has 0 aliphatic rings. The monoisotopic (exact) mass is 290 g/mol. The maximum atomic E-state index is 11.9. The SMILES string of the molecule is Oc1ccc(COCCCCCCCC(F)(F)F)cc1. The van der Waals surface area contributed by atoms with Gasteiger partial charge in [0.25, 0.3) is 0 Å². The fraction of sp³-hybridized carbons (Fsp3) is 0.600. The van der Waals surface area contributed by atoms with Gasteiger partial charge < -0.3 is 9.84 Å². The van der Waals surface area contributed by atoms with Crippen LogP contribution in [0.5, 0.6) is 5.75 Å². The van der Waals surface area contributed by atoms with Gasteiger partial charge in [-0.3, -0.25) is 0 Å². The highest BCUT2D eigenvalue weighted by Gasteiger charge is 2.25. The molecule has 0 saturated heterocycles. The second-order valence-corrected chi connectivity index (χ2v) is 4.85. The summed E-state index contributed by atoms with van der Waals surface area (Å²) in [6, 6.07) is 6.82. The van der Waals surface area contributed by atoms with Crippen LogP contribution in [0.25, 0.3) is 0 Å². The van der Waals surface area contributed by atoms with Gasteiger partial charge in [0.2, 0.25) is 0 Å². The number of halogens is 3. The first kappa shape index (κ1) is 16.8. The number of alkyl halides is 3. The average molecular weight is 290 g/mol. The summed E-state index contributed by atoms with van der Waals surface area (Å²) in [5.41, 5.74) is 0.993. The molecule has 20 heavy (non-hydrogen) atoms. The van der Waals surface area contributed by atoms with Gasteiger partial charge in [-0.05, 0) is 30.5 Å². The molecule has 0 spiro atoms. The van der Waals surface area contributed by atoms with Gasteiger partial charge in [-0.25, -0.2) is 0 Å². The Kier molecular flexibility index (Phi) is 7.44. The Bertz CT molecular complexity index is 360. The van der Waals surface area contributed by atoms with E-state index in [9.17, 15) is 13.2 Å². The Morgan fingerprint density at radius 1 is 0.900 bits per heavy atom. The average Bonchev–Trinajstić information content (AvgIpc) is 2.37. The van der Waals surface area contributed by atoms with Gasteiger partial charge in [-0.15, -0.1) is 0 Å². The molecule has 2 nitrogen and oxygen atoms in total. The normalized spacial score (nSPS) is 11.8. The Hall–Kier alpha value is -1.23. The number of aromatic hydroxyl groups is 1. The maximum Gasteiger partial charge on any atom is 0.389 e. The van der Waals surface area contributed by atoms with Crippen LogP contribution in [0, 0.1) is 0 Å². The summed E-state index contributed by atoms with van der Waals surface area (Å²) < 4.78 is 41.1. The molecule has 0 aromatic heterocycles. The van der Waals surface area contributed by atoms with Gasteiger partial charge in [0.1, 0.15) is 5.75 Å². The lowest BCUT2D eigenvalue weighted by molar-refractivity contribution is -0.135. The third-order valence-electron chi connectivity index (χ3n) is 2.95. The van der Waals surface area contributed by atoms with E-state index in [0.29, 0.717) is 19.6 Å². The fourth-order valence-corrected chi connectivity index (χ4v) is 1.84. The van der Waals surface area contributed by atoms with Gasteiger partial charge >= 0.3 is 6.18 Å². The minimum absolute atomic E-state index is 0.220. The van der Waals surface area contributed by atoms with E-state index in [-0.39, 0.29) is 12.2 Å². The van der Waals surface area contributed by atoms with Gasteiger partial charge in [0, 0.05) is 13.0 Å². The molecule has 1 N–H and O–H groups in total. The molecule has 0 radical (unpaired) electrons. The zero-order valence-corrected chi connectivity index (χ0v) is 11.5. The number of benzene rings is 1. The highest BCUT2D eigenvalue weighted by atomic mass is 19.4. The lowest BCUT2D eigenvalue weighted by Crippen LogP contribution is -2.06. The van der Waals surface area contributed by atoms with Crippen LogP contribution in [0.15, 0.2) is 24.3 Å². The van der Waals surface area contributed by atoms with E-state index in [1.807, 2.05) is 0 Å². The molecule has 5 heteroatoms. The number of hydrogen-bond donors (Lipinski definition) is 1. The number of rotatable bonds is 9. The lowest BCUT2D eigenvalue weighted by atomic mass is 10.1. The lowest BCUT2D eigenvalue weighted by Gasteiger charge is -2.06. The molecule has 0 aliphatic carbocycles. The molecular formula is C15H21F3O2. The second-order valence-electron chi connectivity index (χ2n) is 4.85. The number of phenolic OH excluding ortho intramolecular Hbond substituents is 1. The highest BCUT2D eigenvalue weighted by molar-refractivity contribution is 5.25. The highest BCUT2D eigenvalue weighted by Crippen LogP contribution is 2.23. The van der Waals surface area contributed by atoms with E-state index in [1.165, 1.54) is 0 Å². The van der Waals surface area contributed by atoms with Crippen LogP contribution in [0.1, 0.15) is 44.1 Å². The zero-order chi connectivity index (χ0) is 14.8. The second kappa shape index (κ2) is 8.84. The molecule has 0 fully saturated rings. The molecule has 1 aromatic carbocycles. The standard InChI is InChI=1S/C15H21F3O2/c16-15(17,18)10-4-2-1-3-5-11-20-12-13-6-8-14(19)9-7-13/h6-9,19H,1-5,10-12H2. The number of phenols is 1. The Morgan fingerprint density at radius 2 is 1.50 bits per heavy atom. The Balaban J connectivity index is 1.91. The zero-order valence-electron chi connectivity index (χ0n) is 11.5. The summed E-state index contributed by atoms with van der Waals surface area (Å²) in [7, 11) is 0. The third kappa shape index (κ3) is 8.80. The summed E-state index contributed by atoms with van der Waals surface area (Å²) in [6.45, 7) is 1.11. The Labute approximate surface area is 117 Å². The van der Waals surface area contributed by atoms with E-state index < -0.39 is 12.6 Å². The van der Waals surface area contributed by atoms with Crippen molar-refractivity contribution in [2.45, 2.75) is 51.3 Å². The first-order valence-electron chi connectivity index (χ1n) is 6.90. The summed E-state index contributed by atoms with van der Waals surface area (Å²) in [4.78, 5) is 0. The Morgan fingerprint density at radius 3 is 2.15 bits per heavy atom. The molecule has 114 valence electrons. The molecular weight excluding hydrogens is 269 g/mol. The molecule has 0 unspecified atom stereocenters. The van der Waals surface area contributed by atoms with Crippen LogP contribution in [-0.2, 0) is 11.3 Å². The molecule has 0 aliphatic heterocycles. The topological polar surface area (TPSA) is 29.5 Å². The summed E-state index contributed by atoms with van der Waals surface area (Å²) in [5, 5.41) is 9.11. The predicted octanol–water partition coefficient (Wildman–Crippen LogP) is 4.81. The van der Waals surface area contributed by atoms with Crippen LogP contribution in [0.3, 0.4) is 0 Å². The number of ether oxygens (including phenoxy) is 1. The first-order valence-corrected chi connectivity index (χ1v) is 6.90. The minimum atomic E-state index is -4.02. The van der Waals surface area contributed by atoms with E-state index in [1.54, 1.807) is 24.3 Å². The largest absolute Gasteiger partial charge is 0.508 e. The fourth-order valence-electron chi connectivity index (χ4n) is 1.84. The van der Waals surface area contributed by atoms with Crippen molar-refractivity contribution >= 4 is 0 Å². The van der Waals surface area contributed by atoms with Crippen molar-refractivity contribution in [1.82, 2.24) is 0 Å². The van der Waals surface area contributed by atoms with Crippen molar-refractivity contribution in [2.75, 3.05) is 6.61 Å². The van der Waals surface area contributed by atoms with Crippen molar-refractivity contribution in [3.05, 3.63) is 29.8 Å². The van der Waals surface area contributed by atoms with Gasteiger partial charge in [0.05, 0.1) is 6.61 Å². The van der Waals surface area contributed by atoms with E-state index in [4.69, 9.17) is 9.84 Å². The minimum Gasteiger partial charge on any atom is -0.508 e. The maximum absolute atomic E-state index is 11.9. The van der Waals surface area contributed by atoms with Crippen LogP contribution in [0.2, 0.25) is 0 Å². The van der Waals surface area contributed by atoms with Crippen molar-refractivity contribution in [3.8, 4) is 5.75 Å². The first-order chi connectivity index (χ1) is 9.47. The summed E-state index contributed by atoms with van der Waals surface area (Å²) >= 11 is 0. The predicted molar refractivity (Wildman–Crippen MR) is 71.5 cm³/mol. The van der Waals surface area contributed by atoms with E-state index in [0.717, 1.165) is 24.8 Å². The molecule has 0 bridgehead atoms. The quantitative estimate of drug-likeness (QED) is 0.661. The van der Waals surface area contributed by atoms with Crippen molar-refractivity contribution in [3.63, 3.8) is 0 Å². The van der Waals surface area contributed by atoms with Crippen LogP contribution in [-0.4, -0.2) is 17.9 Å². The van der Waals surface area contributed by atoms with Gasteiger partial charge in [-0.1, -0.05) is 31.4 Å². The molecule has 1 aromatic rings. The van der Waals surface area contributed by atoms with Crippen LogP contribution >= 0.6 is 0 Å². The van der Waals surface area contributed by atoms with Gasteiger partial charge in [-0.2, -0.15) is 13.2 Å². The van der Waals surface area contributed by atoms with E-state index in [2.05, 4.69) is 0 Å². The third-order valence-corrected chi connectivity index (χ3v) is 2.95. The smallest absolute Gasteiger partial charge is 0.389 e. The number of hydrogen-bond acceptors (Lipinski definition) is 2. The van der Waals surface area contributed by atoms with Crippen molar-refractivity contribution in [1.29, 1.82) is 0 Å². The van der Waals surface area contributed by atoms with Gasteiger partial charge in [0.15, 0.2) is 0 Å². The molecule has 1 rings (SSSR count). The number of unbranched alkanes of at least 4 members (excludes halogenated alkanes) is 4. The molecule has 0 amide bonds. The van der Waals surface area contributed by atoms with E-state index >= 15 is 0 Å². The molecule has 0 heterocycles. The molecule has 0 atom stereocenters. The summed E-state index contributed by atoms with van der Waals surface area (Å²) in [5.74, 6) is 0.229.